The van der Waals surface area contributed by atoms with E-state index in [1.54, 1.807) is 0 Å². The van der Waals surface area contributed by atoms with Gasteiger partial charge in [-0.15, -0.1) is 0 Å². The third kappa shape index (κ3) is 5.23. The number of aliphatic imine (C=N–C) groups is 1. The molecule has 0 spiro atoms. The van der Waals surface area contributed by atoms with Crippen molar-refractivity contribution in [3.8, 4) is 0 Å². The molecule has 1 atom stereocenters. The van der Waals surface area contributed by atoms with Gasteiger partial charge in [0, 0.05) is 57.9 Å². The van der Waals surface area contributed by atoms with Crippen molar-refractivity contribution in [2.45, 2.75) is 26.3 Å². The van der Waals surface area contributed by atoms with Crippen LogP contribution in [0.3, 0.4) is 0 Å². The van der Waals surface area contributed by atoms with E-state index in [4.69, 9.17) is 11.6 Å². The Bertz CT molecular complexity index is 693. The Labute approximate surface area is 155 Å². The molecule has 2 aromatic rings. The molecule has 0 aliphatic carbocycles. The summed E-state index contributed by atoms with van der Waals surface area (Å²) in [5.41, 5.74) is 2.39. The van der Waals surface area contributed by atoms with Crippen molar-refractivity contribution in [1.29, 1.82) is 0 Å². The van der Waals surface area contributed by atoms with E-state index in [0.717, 1.165) is 29.8 Å². The van der Waals surface area contributed by atoms with Gasteiger partial charge in [0.2, 0.25) is 0 Å². The number of hydrogen-bond donors (Lipinski definition) is 1. The molecular formula is C19H28ClN5. The molecule has 1 unspecified atom stereocenters. The molecule has 0 aliphatic rings. The Kier molecular flexibility index (Phi) is 6.88. The van der Waals surface area contributed by atoms with Crippen LogP contribution >= 0.6 is 11.6 Å². The monoisotopic (exact) mass is 361 g/mol. The normalized spacial score (nSPS) is 13.2. The summed E-state index contributed by atoms with van der Waals surface area (Å²) in [4.78, 5) is 10.8. The van der Waals surface area contributed by atoms with E-state index in [1.165, 1.54) is 5.56 Å². The molecule has 2 rings (SSSR count). The number of guanidine groups is 1. The number of pyridine rings is 1. The fourth-order valence-corrected chi connectivity index (χ4v) is 3.23. The minimum absolute atomic E-state index is 0.378. The second kappa shape index (κ2) is 8.90. The molecule has 0 bridgehead atoms. The lowest BCUT2D eigenvalue weighted by Gasteiger charge is -2.26. The highest BCUT2D eigenvalue weighted by Crippen LogP contribution is 2.22. The number of rotatable bonds is 6. The number of hydrogen-bond acceptors (Lipinski definition) is 2. The van der Waals surface area contributed by atoms with Crippen LogP contribution in [0.4, 0.5) is 0 Å². The van der Waals surface area contributed by atoms with Crippen molar-refractivity contribution in [3.63, 3.8) is 0 Å². The second-order valence-electron chi connectivity index (χ2n) is 6.68. The van der Waals surface area contributed by atoms with Crippen molar-refractivity contribution in [2.75, 3.05) is 20.6 Å². The summed E-state index contributed by atoms with van der Waals surface area (Å²) >= 11 is 6.08. The predicted molar refractivity (Wildman–Crippen MR) is 105 cm³/mol. The molecule has 5 nitrogen and oxygen atoms in total. The number of aromatic nitrogens is 2. The first-order valence-electron chi connectivity index (χ1n) is 8.54. The first kappa shape index (κ1) is 19.3. The van der Waals surface area contributed by atoms with E-state index in [2.05, 4.69) is 40.1 Å². The molecular weight excluding hydrogens is 334 g/mol. The van der Waals surface area contributed by atoms with Crippen LogP contribution in [0, 0.1) is 5.92 Å². The Balaban J connectivity index is 2.02. The van der Waals surface area contributed by atoms with E-state index >= 15 is 0 Å². The molecule has 136 valence electrons. The number of halogens is 1. The average molecular weight is 362 g/mol. The lowest BCUT2D eigenvalue weighted by molar-refractivity contribution is 0.439. The van der Waals surface area contributed by atoms with Crippen LogP contribution in [0.15, 0.2) is 41.8 Å². The fraction of sp³-hybridized carbons (Fsp3) is 0.474. The molecule has 0 aromatic carbocycles. The molecule has 2 aromatic heterocycles. The minimum Gasteiger partial charge on any atom is -0.356 e. The molecule has 0 radical (unpaired) electrons. The lowest BCUT2D eigenvalue weighted by atomic mass is 9.89. The molecule has 25 heavy (non-hydrogen) atoms. The number of nitrogens with zero attached hydrogens (tertiary/aromatic N) is 4. The Morgan fingerprint density at radius 1 is 1.44 bits per heavy atom. The summed E-state index contributed by atoms with van der Waals surface area (Å²) < 4.78 is 2.04. The first-order valence-corrected chi connectivity index (χ1v) is 8.92. The van der Waals surface area contributed by atoms with Gasteiger partial charge in [0.15, 0.2) is 5.96 Å². The summed E-state index contributed by atoms with van der Waals surface area (Å²) in [6.07, 6.45) is 5.68. The van der Waals surface area contributed by atoms with Crippen LogP contribution in [0.25, 0.3) is 0 Å². The Morgan fingerprint density at radius 2 is 2.20 bits per heavy atom. The second-order valence-corrected chi connectivity index (χ2v) is 7.12. The maximum Gasteiger partial charge on any atom is 0.193 e. The third-order valence-corrected chi connectivity index (χ3v) is 4.65. The highest BCUT2D eigenvalue weighted by Gasteiger charge is 2.18. The van der Waals surface area contributed by atoms with Crippen molar-refractivity contribution in [3.05, 3.63) is 53.1 Å². The van der Waals surface area contributed by atoms with Gasteiger partial charge >= 0.3 is 0 Å². The molecule has 0 saturated carbocycles. The molecule has 2 heterocycles. The maximum atomic E-state index is 6.08. The smallest absolute Gasteiger partial charge is 0.193 e. The van der Waals surface area contributed by atoms with Crippen LogP contribution in [0.5, 0.6) is 0 Å². The molecule has 6 heteroatoms. The number of aryl methyl sites for hydroxylation is 1. The van der Waals surface area contributed by atoms with Gasteiger partial charge in [-0.2, -0.15) is 0 Å². The zero-order valence-corrected chi connectivity index (χ0v) is 16.5. The minimum atomic E-state index is 0.378. The van der Waals surface area contributed by atoms with Gasteiger partial charge in [-0.1, -0.05) is 31.5 Å². The third-order valence-electron chi connectivity index (χ3n) is 4.44. The zero-order valence-electron chi connectivity index (χ0n) is 15.7. The SMILES string of the molecule is CN=C(NCC(c1cccnc1)C(C)C)N(C)Cc1cc(Cl)cn1C. The van der Waals surface area contributed by atoms with E-state index < -0.39 is 0 Å². The Hall–Kier alpha value is -2.01. The van der Waals surface area contributed by atoms with Crippen molar-refractivity contribution >= 4 is 17.6 Å². The summed E-state index contributed by atoms with van der Waals surface area (Å²) in [5, 5.41) is 4.26. The van der Waals surface area contributed by atoms with Gasteiger partial charge in [-0.25, -0.2) is 0 Å². The van der Waals surface area contributed by atoms with E-state index in [9.17, 15) is 0 Å². The summed E-state index contributed by atoms with van der Waals surface area (Å²) in [5.74, 6) is 1.75. The highest BCUT2D eigenvalue weighted by molar-refractivity contribution is 6.30. The topological polar surface area (TPSA) is 45.5 Å². The standard InChI is InChI=1S/C19H28ClN5/c1-14(2)18(15-7-6-8-22-10-15)11-23-19(21-3)25(5)13-17-9-16(20)12-24(17)4/h6-10,12,14,18H,11,13H2,1-5H3,(H,21,23). The molecule has 0 amide bonds. The van der Waals surface area contributed by atoms with Gasteiger partial charge in [0.05, 0.1) is 11.6 Å². The van der Waals surface area contributed by atoms with Gasteiger partial charge in [-0.05, 0) is 23.6 Å². The van der Waals surface area contributed by atoms with Crippen LogP contribution in [0.1, 0.15) is 31.0 Å². The largest absolute Gasteiger partial charge is 0.356 e. The molecule has 0 fully saturated rings. The van der Waals surface area contributed by atoms with Crippen LogP contribution in [-0.4, -0.2) is 41.1 Å². The van der Waals surface area contributed by atoms with Gasteiger partial charge < -0.3 is 14.8 Å². The molecule has 0 aliphatic heterocycles. The maximum absolute atomic E-state index is 6.08. The van der Waals surface area contributed by atoms with Gasteiger partial charge in [0.25, 0.3) is 0 Å². The van der Waals surface area contributed by atoms with Crippen molar-refractivity contribution < 1.29 is 0 Å². The predicted octanol–water partition coefficient (Wildman–Crippen LogP) is 3.52. The fourth-order valence-electron chi connectivity index (χ4n) is 2.96. The van der Waals surface area contributed by atoms with E-state index in [-0.39, 0.29) is 0 Å². The van der Waals surface area contributed by atoms with Gasteiger partial charge in [-0.3, -0.25) is 9.98 Å². The summed E-state index contributed by atoms with van der Waals surface area (Å²) in [6, 6.07) is 6.11. The average Bonchev–Trinajstić information content (AvgIpc) is 2.89. The van der Waals surface area contributed by atoms with Crippen molar-refractivity contribution in [2.24, 2.45) is 18.0 Å². The highest BCUT2D eigenvalue weighted by atomic mass is 35.5. The van der Waals surface area contributed by atoms with Crippen molar-refractivity contribution in [1.82, 2.24) is 19.8 Å². The summed E-state index contributed by atoms with van der Waals surface area (Å²) in [6.45, 7) is 6.02. The number of nitrogens with one attached hydrogen (secondary N) is 1. The first-order chi connectivity index (χ1) is 11.9. The molecule has 0 saturated heterocycles. The lowest BCUT2D eigenvalue weighted by Crippen LogP contribution is -2.41. The quantitative estimate of drug-likeness (QED) is 0.632. The van der Waals surface area contributed by atoms with Gasteiger partial charge in [0.1, 0.15) is 0 Å². The van der Waals surface area contributed by atoms with Crippen LogP contribution in [0.2, 0.25) is 5.02 Å². The molecule has 1 N–H and O–H groups in total. The van der Waals surface area contributed by atoms with Crippen LogP contribution in [-0.2, 0) is 13.6 Å². The van der Waals surface area contributed by atoms with E-state index in [0.29, 0.717) is 11.8 Å². The van der Waals surface area contributed by atoms with Crippen LogP contribution < -0.4 is 5.32 Å². The zero-order chi connectivity index (χ0) is 18.4. The Morgan fingerprint density at radius 3 is 2.72 bits per heavy atom. The summed E-state index contributed by atoms with van der Waals surface area (Å²) in [7, 11) is 5.85. The van der Waals surface area contributed by atoms with E-state index in [1.807, 2.05) is 56.4 Å².